The van der Waals surface area contributed by atoms with Gasteiger partial charge in [-0.3, -0.25) is 0 Å². The topological polar surface area (TPSA) is 123 Å². The van der Waals surface area contributed by atoms with E-state index in [1.165, 1.54) is 12.1 Å². The molecule has 1 aliphatic rings. The maximum atomic E-state index is 12.7. The van der Waals surface area contributed by atoms with E-state index in [2.05, 4.69) is 14.9 Å². The van der Waals surface area contributed by atoms with E-state index in [1.807, 2.05) is 0 Å². The second-order valence-electron chi connectivity index (χ2n) is 4.57. The standard InChI is InChI=1S/C11H10ClN3O6S/c12-6-1-2-8(10-9(6)13-21-14-10)22(18,19)15-3-4-20-7(5-15)11(16)17/h1-2,7H,3-5H2,(H,16,17). The number of nitrogens with zero attached hydrogens (tertiary/aromatic N) is 3. The van der Waals surface area contributed by atoms with Gasteiger partial charge in [-0.2, -0.15) is 4.31 Å². The van der Waals surface area contributed by atoms with Gasteiger partial charge in [0.25, 0.3) is 0 Å². The summed E-state index contributed by atoms with van der Waals surface area (Å²) in [5, 5.41) is 16.3. The Morgan fingerprint density at radius 2 is 2.09 bits per heavy atom. The van der Waals surface area contributed by atoms with Crippen molar-refractivity contribution in [1.82, 2.24) is 14.6 Å². The van der Waals surface area contributed by atoms with Crippen molar-refractivity contribution in [1.29, 1.82) is 0 Å². The fourth-order valence-electron chi connectivity index (χ4n) is 2.15. The van der Waals surface area contributed by atoms with Gasteiger partial charge in [-0.15, -0.1) is 0 Å². The van der Waals surface area contributed by atoms with Crippen LogP contribution in [-0.4, -0.2) is 59.9 Å². The summed E-state index contributed by atoms with van der Waals surface area (Å²) in [6, 6.07) is 2.66. The SMILES string of the molecule is O=C(O)C1CN(S(=O)(=O)c2ccc(Cl)c3nonc23)CCO1. The van der Waals surface area contributed by atoms with Gasteiger partial charge in [-0.25, -0.2) is 17.8 Å². The number of benzene rings is 1. The Morgan fingerprint density at radius 1 is 1.36 bits per heavy atom. The Labute approximate surface area is 129 Å². The van der Waals surface area contributed by atoms with Crippen molar-refractivity contribution in [3.8, 4) is 0 Å². The molecule has 9 nitrogen and oxygen atoms in total. The van der Waals surface area contributed by atoms with Crippen molar-refractivity contribution in [2.24, 2.45) is 0 Å². The molecule has 1 aliphatic heterocycles. The fraction of sp³-hybridized carbons (Fsp3) is 0.364. The summed E-state index contributed by atoms with van der Waals surface area (Å²) < 4.78 is 36.0. The van der Waals surface area contributed by atoms with E-state index in [0.717, 1.165) is 4.31 Å². The highest BCUT2D eigenvalue weighted by Crippen LogP contribution is 2.29. The maximum absolute atomic E-state index is 12.7. The van der Waals surface area contributed by atoms with Crippen molar-refractivity contribution in [3.63, 3.8) is 0 Å². The quantitative estimate of drug-likeness (QED) is 0.843. The van der Waals surface area contributed by atoms with Crippen LogP contribution in [0.3, 0.4) is 0 Å². The van der Waals surface area contributed by atoms with Gasteiger partial charge in [0.1, 0.15) is 4.90 Å². The van der Waals surface area contributed by atoms with Crippen molar-refractivity contribution < 1.29 is 27.7 Å². The molecule has 22 heavy (non-hydrogen) atoms. The minimum Gasteiger partial charge on any atom is -0.479 e. The first-order chi connectivity index (χ1) is 10.4. The second kappa shape index (κ2) is 5.47. The molecule has 2 heterocycles. The molecular weight excluding hydrogens is 338 g/mol. The van der Waals surface area contributed by atoms with Gasteiger partial charge in [0.15, 0.2) is 17.1 Å². The highest BCUT2D eigenvalue weighted by atomic mass is 35.5. The van der Waals surface area contributed by atoms with E-state index in [-0.39, 0.29) is 40.6 Å². The smallest absolute Gasteiger partial charge is 0.334 e. The lowest BCUT2D eigenvalue weighted by Crippen LogP contribution is -2.48. The monoisotopic (exact) mass is 347 g/mol. The molecule has 1 unspecified atom stereocenters. The van der Waals surface area contributed by atoms with Gasteiger partial charge < -0.3 is 9.84 Å². The number of carboxylic acids is 1. The predicted octanol–water partition coefficient (Wildman–Crippen LogP) is 0.350. The first kappa shape index (κ1) is 15.2. The summed E-state index contributed by atoms with van der Waals surface area (Å²) in [6.45, 7) is -0.251. The molecule has 1 N–H and O–H groups in total. The zero-order chi connectivity index (χ0) is 15.9. The lowest BCUT2D eigenvalue weighted by atomic mass is 10.3. The number of carbonyl (C=O) groups is 1. The molecule has 11 heteroatoms. The zero-order valence-corrected chi connectivity index (χ0v) is 12.5. The summed E-state index contributed by atoms with van der Waals surface area (Å²) in [5.41, 5.74) is 0.136. The van der Waals surface area contributed by atoms with Crippen LogP contribution in [0, 0.1) is 0 Å². The summed E-state index contributed by atoms with van der Waals surface area (Å²) >= 11 is 5.90. The summed E-state index contributed by atoms with van der Waals surface area (Å²) in [6.07, 6.45) is -1.21. The number of aromatic nitrogens is 2. The molecule has 3 rings (SSSR count). The van der Waals surface area contributed by atoms with Crippen molar-refractivity contribution in [3.05, 3.63) is 17.2 Å². The number of hydrogen-bond acceptors (Lipinski definition) is 7. The van der Waals surface area contributed by atoms with Crippen LogP contribution < -0.4 is 0 Å². The first-order valence-electron chi connectivity index (χ1n) is 6.16. The molecule has 0 spiro atoms. The van der Waals surface area contributed by atoms with Gasteiger partial charge in [-0.05, 0) is 22.4 Å². The van der Waals surface area contributed by atoms with Crippen LogP contribution in [0.5, 0.6) is 0 Å². The summed E-state index contributed by atoms with van der Waals surface area (Å²) in [5.74, 6) is -1.22. The molecule has 1 aromatic heterocycles. The molecule has 0 amide bonds. The third-order valence-electron chi connectivity index (χ3n) is 3.25. The number of fused-ring (bicyclic) bond motifs is 1. The van der Waals surface area contributed by atoms with E-state index >= 15 is 0 Å². The molecule has 2 aromatic rings. The highest BCUT2D eigenvalue weighted by Gasteiger charge is 2.35. The third-order valence-corrected chi connectivity index (χ3v) is 5.45. The maximum Gasteiger partial charge on any atom is 0.334 e. The molecular formula is C11H10ClN3O6S. The van der Waals surface area contributed by atoms with Crippen molar-refractivity contribution in [2.75, 3.05) is 19.7 Å². The van der Waals surface area contributed by atoms with Crippen LogP contribution in [0.2, 0.25) is 5.02 Å². The van der Waals surface area contributed by atoms with Crippen molar-refractivity contribution in [2.45, 2.75) is 11.0 Å². The average Bonchev–Trinajstić information content (AvgIpc) is 2.97. The van der Waals surface area contributed by atoms with Crippen LogP contribution in [0.1, 0.15) is 0 Å². The van der Waals surface area contributed by atoms with Gasteiger partial charge in [-0.1, -0.05) is 11.6 Å². The molecule has 1 aromatic carbocycles. The van der Waals surface area contributed by atoms with Crippen LogP contribution in [-0.2, 0) is 19.6 Å². The minimum atomic E-state index is -3.97. The molecule has 118 valence electrons. The average molecular weight is 348 g/mol. The van der Waals surface area contributed by atoms with Gasteiger partial charge in [0.2, 0.25) is 10.0 Å². The van der Waals surface area contributed by atoms with E-state index < -0.39 is 22.1 Å². The Balaban J connectivity index is 2.03. The number of ether oxygens (including phenoxy) is 1. The molecule has 0 bridgehead atoms. The molecule has 0 saturated carbocycles. The Kier molecular flexibility index (Phi) is 3.77. The van der Waals surface area contributed by atoms with Gasteiger partial charge in [0.05, 0.1) is 18.2 Å². The van der Waals surface area contributed by atoms with E-state index in [1.54, 1.807) is 0 Å². The van der Waals surface area contributed by atoms with E-state index in [4.69, 9.17) is 21.4 Å². The van der Waals surface area contributed by atoms with E-state index in [0.29, 0.717) is 0 Å². The predicted molar refractivity (Wildman–Crippen MR) is 72.9 cm³/mol. The number of aliphatic carboxylic acids is 1. The lowest BCUT2D eigenvalue weighted by molar-refractivity contribution is -0.153. The van der Waals surface area contributed by atoms with Gasteiger partial charge >= 0.3 is 5.97 Å². The van der Waals surface area contributed by atoms with Gasteiger partial charge in [0, 0.05) is 6.54 Å². The Bertz CT molecular complexity index is 835. The third kappa shape index (κ3) is 2.43. The number of halogens is 1. The van der Waals surface area contributed by atoms with Crippen LogP contribution in [0.25, 0.3) is 11.0 Å². The molecule has 0 aliphatic carbocycles. The van der Waals surface area contributed by atoms with Crippen LogP contribution >= 0.6 is 11.6 Å². The van der Waals surface area contributed by atoms with Crippen LogP contribution in [0.4, 0.5) is 0 Å². The van der Waals surface area contributed by atoms with Crippen molar-refractivity contribution >= 4 is 38.6 Å². The fourth-order valence-corrected chi connectivity index (χ4v) is 3.88. The molecule has 1 atom stereocenters. The largest absolute Gasteiger partial charge is 0.479 e. The molecule has 0 radical (unpaired) electrons. The number of carboxylic acid groups (broad SMARTS) is 1. The Hall–Kier alpha value is -1.75. The highest BCUT2D eigenvalue weighted by molar-refractivity contribution is 7.89. The number of rotatable bonds is 3. The lowest BCUT2D eigenvalue weighted by Gasteiger charge is -2.29. The molecule has 1 fully saturated rings. The zero-order valence-electron chi connectivity index (χ0n) is 11.0. The first-order valence-corrected chi connectivity index (χ1v) is 7.98. The summed E-state index contributed by atoms with van der Waals surface area (Å²) in [7, 11) is -3.97. The summed E-state index contributed by atoms with van der Waals surface area (Å²) in [4.78, 5) is 10.8. The number of morpholine rings is 1. The van der Waals surface area contributed by atoms with Crippen LogP contribution in [0.15, 0.2) is 21.7 Å². The van der Waals surface area contributed by atoms with E-state index in [9.17, 15) is 13.2 Å². The normalized spacial score (nSPS) is 20.3. The number of sulfonamides is 1. The number of hydrogen-bond donors (Lipinski definition) is 1. The Morgan fingerprint density at radius 3 is 2.82 bits per heavy atom. The minimum absolute atomic E-state index is 0.00543. The molecule has 1 saturated heterocycles. The second-order valence-corrected chi connectivity index (χ2v) is 6.88.